The molecule has 0 radical (unpaired) electrons. The van der Waals surface area contributed by atoms with Crippen LogP contribution < -0.4 is 10.2 Å². The van der Waals surface area contributed by atoms with Crippen molar-refractivity contribution >= 4 is 11.9 Å². The van der Waals surface area contributed by atoms with E-state index >= 15 is 0 Å². The first-order chi connectivity index (χ1) is 10.2. The van der Waals surface area contributed by atoms with E-state index in [2.05, 4.69) is 44.1 Å². The molecule has 0 bridgehead atoms. The van der Waals surface area contributed by atoms with Gasteiger partial charge in [0.15, 0.2) is 0 Å². The van der Waals surface area contributed by atoms with Crippen LogP contribution in [0.4, 0.5) is 11.9 Å². The Morgan fingerprint density at radius 1 is 1.29 bits per heavy atom. The molecule has 2 rings (SSSR count). The minimum absolute atomic E-state index is 0.373. The summed E-state index contributed by atoms with van der Waals surface area (Å²) in [5.74, 6) is 1.76. The van der Waals surface area contributed by atoms with Crippen molar-refractivity contribution in [2.45, 2.75) is 39.7 Å². The van der Waals surface area contributed by atoms with Crippen molar-refractivity contribution in [3.8, 4) is 5.95 Å². The highest BCUT2D eigenvalue weighted by molar-refractivity contribution is 5.40. The monoisotopic (exact) mass is 289 g/mol. The van der Waals surface area contributed by atoms with Crippen LogP contribution in [0.1, 0.15) is 33.6 Å². The van der Waals surface area contributed by atoms with Crippen LogP contribution in [0.2, 0.25) is 0 Å². The van der Waals surface area contributed by atoms with Crippen molar-refractivity contribution in [1.29, 1.82) is 0 Å². The molecule has 0 aliphatic heterocycles. The normalized spacial score (nSPS) is 12.2. The van der Waals surface area contributed by atoms with Crippen molar-refractivity contribution in [2.75, 3.05) is 23.8 Å². The number of hydrogen-bond donors (Lipinski definition) is 1. The van der Waals surface area contributed by atoms with Crippen LogP contribution in [0.3, 0.4) is 0 Å². The summed E-state index contributed by atoms with van der Waals surface area (Å²) < 4.78 is 1.64. The Labute approximate surface area is 125 Å². The topological polar surface area (TPSA) is 71.8 Å². The van der Waals surface area contributed by atoms with E-state index in [0.717, 1.165) is 19.4 Å². The summed E-state index contributed by atoms with van der Waals surface area (Å²) >= 11 is 0. The first-order valence-electron chi connectivity index (χ1n) is 7.38. The third kappa shape index (κ3) is 3.68. The van der Waals surface area contributed by atoms with E-state index in [1.54, 1.807) is 10.9 Å². The predicted octanol–water partition coefficient (Wildman–Crippen LogP) is 2.11. The molecule has 0 aliphatic carbocycles. The van der Waals surface area contributed by atoms with E-state index in [0.29, 0.717) is 23.9 Å². The number of rotatable bonds is 7. The average Bonchev–Trinajstić information content (AvgIpc) is 3.01. The van der Waals surface area contributed by atoms with Crippen molar-refractivity contribution in [2.24, 2.45) is 0 Å². The van der Waals surface area contributed by atoms with Gasteiger partial charge in [-0.05, 0) is 26.3 Å². The van der Waals surface area contributed by atoms with Crippen LogP contribution in [-0.2, 0) is 0 Å². The van der Waals surface area contributed by atoms with E-state index in [9.17, 15) is 0 Å². The fraction of sp³-hybridized carbons (Fsp3) is 0.571. The molecule has 0 saturated carbocycles. The summed E-state index contributed by atoms with van der Waals surface area (Å²) in [6.07, 6.45) is 5.75. The van der Waals surface area contributed by atoms with E-state index in [-0.39, 0.29) is 0 Å². The quantitative estimate of drug-likeness (QED) is 0.841. The number of nitrogens with one attached hydrogen (secondary N) is 1. The maximum absolute atomic E-state index is 4.53. The standard InChI is InChI=1S/C14H23N7/c1-5-8-11(3)20(4)13-17-12(15-6-2)18-14(19-13)21-10-7-9-16-21/h7,9-11H,5-6,8H2,1-4H3,(H,15,17,18,19). The summed E-state index contributed by atoms with van der Waals surface area (Å²) in [5, 5.41) is 7.33. The fourth-order valence-corrected chi connectivity index (χ4v) is 2.05. The zero-order valence-corrected chi connectivity index (χ0v) is 13.1. The van der Waals surface area contributed by atoms with Crippen LogP contribution in [0, 0.1) is 0 Å². The number of nitrogens with zero attached hydrogens (tertiary/aromatic N) is 6. The van der Waals surface area contributed by atoms with Gasteiger partial charge in [-0.25, -0.2) is 4.68 Å². The van der Waals surface area contributed by atoms with Crippen molar-refractivity contribution in [3.05, 3.63) is 18.5 Å². The fourth-order valence-electron chi connectivity index (χ4n) is 2.05. The molecule has 0 amide bonds. The zero-order chi connectivity index (χ0) is 15.2. The SMILES string of the molecule is CCCC(C)N(C)c1nc(NCC)nc(-n2cccn2)n1. The van der Waals surface area contributed by atoms with Crippen LogP contribution in [-0.4, -0.2) is 44.4 Å². The van der Waals surface area contributed by atoms with Crippen LogP contribution >= 0.6 is 0 Å². The molecular formula is C14H23N7. The number of anilines is 2. The highest BCUT2D eigenvalue weighted by Crippen LogP contribution is 2.16. The Kier molecular flexibility index (Phi) is 5.08. The summed E-state index contributed by atoms with van der Waals surface area (Å²) in [6, 6.07) is 2.22. The molecule has 0 spiro atoms. The van der Waals surface area contributed by atoms with Gasteiger partial charge in [0.2, 0.25) is 11.9 Å². The van der Waals surface area contributed by atoms with E-state index in [1.165, 1.54) is 0 Å². The van der Waals surface area contributed by atoms with Gasteiger partial charge in [0, 0.05) is 32.0 Å². The van der Waals surface area contributed by atoms with Crippen molar-refractivity contribution in [1.82, 2.24) is 24.7 Å². The molecule has 0 saturated heterocycles. The molecule has 114 valence electrons. The Morgan fingerprint density at radius 2 is 2.10 bits per heavy atom. The maximum atomic E-state index is 4.53. The lowest BCUT2D eigenvalue weighted by Gasteiger charge is -2.25. The second-order valence-electron chi connectivity index (χ2n) is 4.99. The largest absolute Gasteiger partial charge is 0.354 e. The molecule has 0 fully saturated rings. The molecule has 7 heteroatoms. The van der Waals surface area contributed by atoms with Gasteiger partial charge in [0.05, 0.1) is 0 Å². The van der Waals surface area contributed by atoms with Gasteiger partial charge in [-0.15, -0.1) is 0 Å². The van der Waals surface area contributed by atoms with Crippen molar-refractivity contribution < 1.29 is 0 Å². The van der Waals surface area contributed by atoms with Gasteiger partial charge in [-0.3, -0.25) is 0 Å². The second-order valence-corrected chi connectivity index (χ2v) is 4.99. The molecule has 2 aromatic heterocycles. The second kappa shape index (κ2) is 7.01. The minimum Gasteiger partial charge on any atom is -0.354 e. The molecule has 0 aliphatic rings. The molecule has 0 aromatic carbocycles. The third-order valence-electron chi connectivity index (χ3n) is 3.34. The molecule has 7 nitrogen and oxygen atoms in total. The lowest BCUT2D eigenvalue weighted by atomic mass is 10.2. The van der Waals surface area contributed by atoms with Crippen LogP contribution in [0.15, 0.2) is 18.5 Å². The molecular weight excluding hydrogens is 266 g/mol. The lowest BCUT2D eigenvalue weighted by Crippen LogP contribution is -2.31. The Bertz CT molecular complexity index is 552. The van der Waals surface area contributed by atoms with E-state index in [4.69, 9.17) is 0 Å². The minimum atomic E-state index is 0.373. The molecule has 2 aromatic rings. The molecule has 1 N–H and O–H groups in total. The van der Waals surface area contributed by atoms with Gasteiger partial charge in [-0.2, -0.15) is 20.1 Å². The highest BCUT2D eigenvalue weighted by Gasteiger charge is 2.15. The predicted molar refractivity (Wildman–Crippen MR) is 83.9 cm³/mol. The summed E-state index contributed by atoms with van der Waals surface area (Å²) in [7, 11) is 2.01. The zero-order valence-electron chi connectivity index (χ0n) is 13.1. The van der Waals surface area contributed by atoms with Crippen molar-refractivity contribution in [3.63, 3.8) is 0 Å². The maximum Gasteiger partial charge on any atom is 0.257 e. The molecule has 2 heterocycles. The first kappa shape index (κ1) is 15.2. The summed E-state index contributed by atoms with van der Waals surface area (Å²) in [5.41, 5.74) is 0. The van der Waals surface area contributed by atoms with Gasteiger partial charge < -0.3 is 10.2 Å². The molecule has 21 heavy (non-hydrogen) atoms. The number of hydrogen-bond acceptors (Lipinski definition) is 6. The van der Waals surface area contributed by atoms with Gasteiger partial charge >= 0.3 is 0 Å². The first-order valence-corrected chi connectivity index (χ1v) is 7.38. The molecule has 1 unspecified atom stereocenters. The molecule has 1 atom stereocenters. The Hall–Kier alpha value is -2.18. The van der Waals surface area contributed by atoms with Gasteiger partial charge in [0.25, 0.3) is 5.95 Å². The average molecular weight is 289 g/mol. The van der Waals surface area contributed by atoms with E-state index in [1.807, 2.05) is 26.2 Å². The lowest BCUT2D eigenvalue weighted by molar-refractivity contribution is 0.602. The van der Waals surface area contributed by atoms with Crippen LogP contribution in [0.25, 0.3) is 5.95 Å². The Morgan fingerprint density at radius 3 is 2.71 bits per heavy atom. The van der Waals surface area contributed by atoms with Gasteiger partial charge in [-0.1, -0.05) is 13.3 Å². The third-order valence-corrected chi connectivity index (χ3v) is 3.34. The van der Waals surface area contributed by atoms with Crippen LogP contribution in [0.5, 0.6) is 0 Å². The Balaban J connectivity index is 2.36. The van der Waals surface area contributed by atoms with E-state index < -0.39 is 0 Å². The number of aromatic nitrogens is 5. The smallest absolute Gasteiger partial charge is 0.257 e. The highest BCUT2D eigenvalue weighted by atomic mass is 15.4. The summed E-state index contributed by atoms with van der Waals surface area (Å²) in [4.78, 5) is 15.5. The summed E-state index contributed by atoms with van der Waals surface area (Å²) in [6.45, 7) is 7.13. The van der Waals surface area contributed by atoms with Gasteiger partial charge in [0.1, 0.15) is 0 Å².